The van der Waals surface area contributed by atoms with Gasteiger partial charge in [-0.2, -0.15) is 5.10 Å². The van der Waals surface area contributed by atoms with Crippen LogP contribution in [0.15, 0.2) is 42.9 Å². The van der Waals surface area contributed by atoms with E-state index >= 15 is 0 Å². The maximum Gasteiger partial charge on any atom is 0.253 e. The first-order valence-electron chi connectivity index (χ1n) is 10.1. The first-order valence-corrected chi connectivity index (χ1v) is 10.1. The molecule has 0 bridgehead atoms. The summed E-state index contributed by atoms with van der Waals surface area (Å²) in [4.78, 5) is 19.7. The molecule has 2 aliphatic heterocycles. The predicted molar refractivity (Wildman–Crippen MR) is 109 cm³/mol. The van der Waals surface area contributed by atoms with Crippen molar-refractivity contribution in [3.63, 3.8) is 0 Å². The lowest BCUT2D eigenvalue weighted by Gasteiger charge is -2.38. The summed E-state index contributed by atoms with van der Waals surface area (Å²) < 4.78 is 9.35. The summed E-state index contributed by atoms with van der Waals surface area (Å²) in [6, 6.07) is 7.36. The van der Waals surface area contributed by atoms with E-state index in [0.717, 1.165) is 55.9 Å². The van der Waals surface area contributed by atoms with Crippen molar-refractivity contribution in [2.75, 3.05) is 20.2 Å². The second-order valence-electron chi connectivity index (χ2n) is 8.07. The Balaban J connectivity index is 1.32. The van der Waals surface area contributed by atoms with Gasteiger partial charge in [0.2, 0.25) is 0 Å². The standard InChI is InChI=1S/C22H25N5O2/c1-25-15-17(13-24-25)19-14-23-21-22(9-12-27(19)21)7-10-26(11-8-22)20(28)16-3-5-18(29-2)6-4-16/h3-6,13-15H,7-12H2,1-2H3. The molecule has 0 atom stereocenters. The quantitative estimate of drug-likeness (QED) is 0.689. The summed E-state index contributed by atoms with van der Waals surface area (Å²) in [6.07, 6.45) is 8.91. The lowest BCUT2D eigenvalue weighted by atomic mass is 9.76. The van der Waals surface area contributed by atoms with E-state index in [2.05, 4.69) is 9.67 Å². The van der Waals surface area contributed by atoms with Gasteiger partial charge >= 0.3 is 0 Å². The zero-order chi connectivity index (χ0) is 20.0. The Bertz CT molecular complexity index is 1040. The van der Waals surface area contributed by atoms with Crippen LogP contribution in [0.5, 0.6) is 5.75 Å². The lowest BCUT2D eigenvalue weighted by Crippen LogP contribution is -2.44. The smallest absolute Gasteiger partial charge is 0.253 e. The molecule has 150 valence electrons. The maximum absolute atomic E-state index is 12.9. The fourth-order valence-electron chi connectivity index (χ4n) is 4.77. The number of nitrogens with zero attached hydrogens (tertiary/aromatic N) is 5. The molecular weight excluding hydrogens is 366 g/mol. The van der Waals surface area contributed by atoms with Crippen LogP contribution in [0.1, 0.15) is 35.4 Å². The summed E-state index contributed by atoms with van der Waals surface area (Å²) >= 11 is 0. The monoisotopic (exact) mass is 391 g/mol. The van der Waals surface area contributed by atoms with Crippen LogP contribution >= 0.6 is 0 Å². The Morgan fingerprint density at radius 1 is 1.07 bits per heavy atom. The van der Waals surface area contributed by atoms with E-state index in [0.29, 0.717) is 5.56 Å². The van der Waals surface area contributed by atoms with E-state index in [1.165, 1.54) is 5.82 Å². The molecule has 3 aromatic rings. The first-order chi connectivity index (χ1) is 14.1. The van der Waals surface area contributed by atoms with Gasteiger partial charge in [0, 0.05) is 49.4 Å². The van der Waals surface area contributed by atoms with Crippen LogP contribution < -0.4 is 4.74 Å². The van der Waals surface area contributed by atoms with Crippen LogP contribution in [0.2, 0.25) is 0 Å². The molecule has 0 aliphatic carbocycles. The molecule has 29 heavy (non-hydrogen) atoms. The maximum atomic E-state index is 12.9. The molecule has 1 fully saturated rings. The Labute approximate surface area is 169 Å². The number of imidazole rings is 1. The van der Waals surface area contributed by atoms with Crippen molar-refractivity contribution in [3.8, 4) is 17.0 Å². The second kappa shape index (κ2) is 6.76. The minimum atomic E-state index is 0.0805. The van der Waals surface area contributed by atoms with Gasteiger partial charge < -0.3 is 14.2 Å². The SMILES string of the molecule is COc1ccc(C(=O)N2CCC3(CC2)CCn2c(-c4cnn(C)c4)cnc23)cc1. The van der Waals surface area contributed by atoms with Gasteiger partial charge in [-0.05, 0) is 43.5 Å². The fourth-order valence-corrected chi connectivity index (χ4v) is 4.77. The third-order valence-corrected chi connectivity index (χ3v) is 6.49. The molecule has 0 saturated carbocycles. The van der Waals surface area contributed by atoms with Gasteiger partial charge in [-0.1, -0.05) is 0 Å². The molecule has 1 spiro atoms. The Morgan fingerprint density at radius 3 is 2.45 bits per heavy atom. The number of rotatable bonds is 3. The number of aryl methyl sites for hydroxylation is 1. The van der Waals surface area contributed by atoms with Crippen LogP contribution in [0.4, 0.5) is 0 Å². The van der Waals surface area contributed by atoms with E-state index in [4.69, 9.17) is 9.72 Å². The number of fused-ring (bicyclic) bond motifs is 2. The molecule has 2 aromatic heterocycles. The Hall–Kier alpha value is -3.09. The van der Waals surface area contributed by atoms with Crippen LogP contribution in [0.25, 0.3) is 11.3 Å². The van der Waals surface area contributed by atoms with E-state index in [1.807, 2.05) is 59.5 Å². The van der Waals surface area contributed by atoms with E-state index in [-0.39, 0.29) is 11.3 Å². The average molecular weight is 391 g/mol. The number of likely N-dealkylation sites (tertiary alicyclic amines) is 1. The van der Waals surface area contributed by atoms with Crippen LogP contribution in [0, 0.1) is 0 Å². The number of piperidine rings is 1. The normalized spacial score (nSPS) is 17.5. The van der Waals surface area contributed by atoms with Crippen molar-refractivity contribution < 1.29 is 9.53 Å². The number of benzene rings is 1. The highest BCUT2D eigenvalue weighted by molar-refractivity contribution is 5.94. The third kappa shape index (κ3) is 2.92. The number of hydrogen-bond donors (Lipinski definition) is 0. The number of aromatic nitrogens is 4. The second-order valence-corrected chi connectivity index (χ2v) is 8.07. The summed E-state index contributed by atoms with van der Waals surface area (Å²) in [6.45, 7) is 2.51. The summed E-state index contributed by atoms with van der Waals surface area (Å²) in [7, 11) is 3.56. The van der Waals surface area contributed by atoms with Crippen molar-refractivity contribution in [2.24, 2.45) is 7.05 Å². The van der Waals surface area contributed by atoms with Gasteiger partial charge in [0.15, 0.2) is 0 Å². The molecule has 0 radical (unpaired) electrons. The number of ether oxygens (including phenoxy) is 1. The summed E-state index contributed by atoms with van der Waals surface area (Å²) in [5, 5.41) is 4.29. The lowest BCUT2D eigenvalue weighted by molar-refractivity contribution is 0.0663. The molecular formula is C22H25N5O2. The topological polar surface area (TPSA) is 65.2 Å². The highest BCUT2D eigenvalue weighted by Crippen LogP contribution is 2.44. The predicted octanol–water partition coefficient (Wildman–Crippen LogP) is 2.87. The van der Waals surface area contributed by atoms with Crippen molar-refractivity contribution in [2.45, 2.75) is 31.2 Å². The van der Waals surface area contributed by atoms with Gasteiger partial charge in [0.1, 0.15) is 11.6 Å². The van der Waals surface area contributed by atoms with Gasteiger partial charge in [0.05, 0.1) is 25.2 Å². The van der Waals surface area contributed by atoms with Crippen LogP contribution in [-0.4, -0.2) is 50.3 Å². The minimum absolute atomic E-state index is 0.0805. The van der Waals surface area contributed by atoms with Crippen molar-refractivity contribution >= 4 is 5.91 Å². The molecule has 1 amide bonds. The Kier molecular flexibility index (Phi) is 4.19. The van der Waals surface area contributed by atoms with Gasteiger partial charge in [-0.3, -0.25) is 9.48 Å². The zero-order valence-corrected chi connectivity index (χ0v) is 16.8. The summed E-state index contributed by atoms with van der Waals surface area (Å²) in [5.74, 6) is 2.04. The molecule has 0 N–H and O–H groups in total. The van der Waals surface area contributed by atoms with Crippen LogP contribution in [-0.2, 0) is 19.0 Å². The number of carbonyl (C=O) groups excluding carboxylic acids is 1. The molecule has 1 saturated heterocycles. The average Bonchev–Trinajstić information content (AvgIpc) is 3.46. The van der Waals surface area contributed by atoms with Gasteiger partial charge in [-0.25, -0.2) is 4.98 Å². The van der Waals surface area contributed by atoms with Crippen molar-refractivity contribution in [3.05, 3.63) is 54.2 Å². The summed E-state index contributed by atoms with van der Waals surface area (Å²) in [5.41, 5.74) is 3.04. The highest BCUT2D eigenvalue weighted by Gasteiger charge is 2.44. The third-order valence-electron chi connectivity index (χ3n) is 6.49. The number of hydrogen-bond acceptors (Lipinski definition) is 4. The largest absolute Gasteiger partial charge is 0.497 e. The Morgan fingerprint density at radius 2 is 1.79 bits per heavy atom. The minimum Gasteiger partial charge on any atom is -0.497 e. The molecule has 1 aromatic carbocycles. The number of amides is 1. The van der Waals surface area contributed by atoms with Crippen molar-refractivity contribution in [1.82, 2.24) is 24.2 Å². The number of carbonyl (C=O) groups is 1. The number of methoxy groups -OCH3 is 1. The highest BCUT2D eigenvalue weighted by atomic mass is 16.5. The molecule has 5 rings (SSSR count). The molecule has 2 aliphatic rings. The first kappa shape index (κ1) is 18.0. The van der Waals surface area contributed by atoms with E-state index in [1.54, 1.807) is 7.11 Å². The molecule has 4 heterocycles. The fraction of sp³-hybridized carbons (Fsp3) is 0.409. The van der Waals surface area contributed by atoms with E-state index < -0.39 is 0 Å². The van der Waals surface area contributed by atoms with Gasteiger partial charge in [0.25, 0.3) is 5.91 Å². The molecule has 7 nitrogen and oxygen atoms in total. The molecule has 0 unspecified atom stereocenters. The van der Waals surface area contributed by atoms with Gasteiger partial charge in [-0.15, -0.1) is 0 Å². The van der Waals surface area contributed by atoms with Crippen molar-refractivity contribution in [1.29, 1.82) is 0 Å². The van der Waals surface area contributed by atoms with E-state index in [9.17, 15) is 4.79 Å². The van der Waals surface area contributed by atoms with Crippen LogP contribution in [0.3, 0.4) is 0 Å². The molecule has 7 heteroatoms. The zero-order valence-electron chi connectivity index (χ0n) is 16.8.